The number of amides is 2. The fourth-order valence-corrected chi connectivity index (χ4v) is 3.55. The molecule has 7 heteroatoms. The van der Waals surface area contributed by atoms with E-state index < -0.39 is 5.76 Å². The third-order valence-corrected chi connectivity index (χ3v) is 5.20. The minimum absolute atomic E-state index is 0.0339. The SMILES string of the molecule is O=C(NC1CCN(C(=O)c2ccc(SC(F)F)cc2)CC1)c1ccccc1. The van der Waals surface area contributed by atoms with Crippen LogP contribution in [0, 0.1) is 0 Å². The number of benzene rings is 2. The second-order valence-corrected chi connectivity index (χ2v) is 7.37. The predicted molar refractivity (Wildman–Crippen MR) is 101 cm³/mol. The number of carbonyl (C=O) groups is 2. The van der Waals surface area contributed by atoms with Gasteiger partial charge in [-0.3, -0.25) is 9.59 Å². The van der Waals surface area contributed by atoms with Gasteiger partial charge >= 0.3 is 0 Å². The third kappa shape index (κ3) is 5.29. The van der Waals surface area contributed by atoms with Crippen LogP contribution in [0.15, 0.2) is 59.5 Å². The second kappa shape index (κ2) is 8.99. The predicted octanol–water partition coefficient (Wildman–Crippen LogP) is 4.04. The third-order valence-electron chi connectivity index (χ3n) is 4.48. The van der Waals surface area contributed by atoms with E-state index in [1.807, 2.05) is 18.2 Å². The Morgan fingerprint density at radius 3 is 2.19 bits per heavy atom. The number of piperidine rings is 1. The summed E-state index contributed by atoms with van der Waals surface area (Å²) in [4.78, 5) is 26.9. The maximum absolute atomic E-state index is 12.6. The minimum atomic E-state index is -2.48. The van der Waals surface area contributed by atoms with E-state index in [0.29, 0.717) is 53.7 Å². The number of thioether (sulfide) groups is 1. The minimum Gasteiger partial charge on any atom is -0.349 e. The highest BCUT2D eigenvalue weighted by Gasteiger charge is 2.25. The quantitative estimate of drug-likeness (QED) is 0.784. The molecule has 1 N–H and O–H groups in total. The van der Waals surface area contributed by atoms with Crippen LogP contribution in [0.4, 0.5) is 8.78 Å². The molecule has 0 aliphatic carbocycles. The lowest BCUT2D eigenvalue weighted by molar-refractivity contribution is 0.0698. The van der Waals surface area contributed by atoms with Gasteiger partial charge in [0.2, 0.25) is 0 Å². The summed E-state index contributed by atoms with van der Waals surface area (Å²) in [7, 11) is 0. The molecule has 3 rings (SSSR count). The summed E-state index contributed by atoms with van der Waals surface area (Å²) in [5.41, 5.74) is 1.11. The van der Waals surface area contributed by atoms with Crippen LogP contribution in [0.25, 0.3) is 0 Å². The Balaban J connectivity index is 1.51. The van der Waals surface area contributed by atoms with Crippen molar-refractivity contribution in [1.29, 1.82) is 0 Å². The Morgan fingerprint density at radius 1 is 0.963 bits per heavy atom. The number of hydrogen-bond acceptors (Lipinski definition) is 3. The molecule has 0 atom stereocenters. The van der Waals surface area contributed by atoms with Crippen molar-refractivity contribution in [3.05, 3.63) is 65.7 Å². The van der Waals surface area contributed by atoms with Crippen molar-refractivity contribution >= 4 is 23.6 Å². The van der Waals surface area contributed by atoms with Crippen LogP contribution in [0.5, 0.6) is 0 Å². The van der Waals surface area contributed by atoms with Crippen molar-refractivity contribution in [2.75, 3.05) is 13.1 Å². The lowest BCUT2D eigenvalue weighted by Gasteiger charge is -2.32. The summed E-state index contributed by atoms with van der Waals surface area (Å²) in [5, 5.41) is 3.01. The molecule has 4 nitrogen and oxygen atoms in total. The first kappa shape index (κ1) is 19.4. The smallest absolute Gasteiger partial charge is 0.288 e. The van der Waals surface area contributed by atoms with Gasteiger partial charge in [0.1, 0.15) is 0 Å². The first-order chi connectivity index (χ1) is 13.0. The molecule has 1 aliphatic rings. The van der Waals surface area contributed by atoms with Crippen molar-refractivity contribution in [2.45, 2.75) is 29.5 Å². The molecule has 142 valence electrons. The van der Waals surface area contributed by atoms with Crippen molar-refractivity contribution in [3.63, 3.8) is 0 Å². The van der Waals surface area contributed by atoms with Gasteiger partial charge in [0, 0.05) is 35.2 Å². The molecule has 1 heterocycles. The van der Waals surface area contributed by atoms with E-state index in [4.69, 9.17) is 0 Å². The molecular weight excluding hydrogens is 370 g/mol. The molecule has 1 saturated heterocycles. The Kier molecular flexibility index (Phi) is 6.45. The average Bonchev–Trinajstić information content (AvgIpc) is 2.69. The van der Waals surface area contributed by atoms with Crippen LogP contribution in [0.3, 0.4) is 0 Å². The van der Waals surface area contributed by atoms with Crippen molar-refractivity contribution in [1.82, 2.24) is 10.2 Å². The number of halogens is 2. The molecule has 0 unspecified atom stereocenters. The monoisotopic (exact) mass is 390 g/mol. The van der Waals surface area contributed by atoms with Crippen molar-refractivity contribution in [2.24, 2.45) is 0 Å². The van der Waals surface area contributed by atoms with E-state index in [0.717, 1.165) is 0 Å². The van der Waals surface area contributed by atoms with Gasteiger partial charge in [-0.2, -0.15) is 8.78 Å². The van der Waals surface area contributed by atoms with E-state index in [1.165, 1.54) is 12.1 Å². The van der Waals surface area contributed by atoms with Gasteiger partial charge in [0.15, 0.2) is 0 Å². The van der Waals surface area contributed by atoms with Gasteiger partial charge in [-0.05, 0) is 49.2 Å². The van der Waals surface area contributed by atoms with Gasteiger partial charge in [0.05, 0.1) is 0 Å². The van der Waals surface area contributed by atoms with Crippen LogP contribution >= 0.6 is 11.8 Å². The fourth-order valence-electron chi connectivity index (χ4n) is 3.05. The first-order valence-electron chi connectivity index (χ1n) is 8.73. The standard InChI is InChI=1S/C20H20F2N2O2S/c21-20(22)27-17-8-6-15(7-9-17)19(26)24-12-10-16(11-13-24)23-18(25)14-4-2-1-3-5-14/h1-9,16,20H,10-13H2,(H,23,25). The van der Waals surface area contributed by atoms with E-state index in [9.17, 15) is 18.4 Å². The molecule has 2 aromatic rings. The van der Waals surface area contributed by atoms with Crippen molar-refractivity contribution < 1.29 is 18.4 Å². The van der Waals surface area contributed by atoms with E-state index in [-0.39, 0.29) is 17.9 Å². The fraction of sp³-hybridized carbons (Fsp3) is 0.300. The lowest BCUT2D eigenvalue weighted by Crippen LogP contribution is -2.46. The summed E-state index contributed by atoms with van der Waals surface area (Å²) in [6.45, 7) is 1.10. The molecule has 1 fully saturated rings. The van der Waals surface area contributed by atoms with Gasteiger partial charge < -0.3 is 10.2 Å². The van der Waals surface area contributed by atoms with Gasteiger partial charge in [0.25, 0.3) is 17.6 Å². The number of rotatable bonds is 5. The maximum atomic E-state index is 12.6. The Hall–Kier alpha value is -2.41. The summed E-state index contributed by atoms with van der Waals surface area (Å²) in [6, 6.07) is 15.3. The molecule has 0 radical (unpaired) electrons. The molecule has 1 aliphatic heterocycles. The van der Waals surface area contributed by atoms with Crippen LogP contribution < -0.4 is 5.32 Å². The summed E-state index contributed by atoms with van der Waals surface area (Å²) >= 11 is 0.460. The van der Waals surface area contributed by atoms with Crippen LogP contribution in [0.1, 0.15) is 33.6 Å². The van der Waals surface area contributed by atoms with E-state index in [1.54, 1.807) is 29.2 Å². The van der Waals surface area contributed by atoms with Crippen LogP contribution in [0.2, 0.25) is 0 Å². The van der Waals surface area contributed by atoms with E-state index >= 15 is 0 Å². The number of likely N-dealkylation sites (tertiary alicyclic amines) is 1. The second-order valence-electron chi connectivity index (χ2n) is 6.31. The molecular formula is C20H20F2N2O2S. The number of alkyl halides is 2. The van der Waals surface area contributed by atoms with E-state index in [2.05, 4.69) is 5.32 Å². The highest BCUT2D eigenvalue weighted by atomic mass is 32.2. The van der Waals surface area contributed by atoms with Crippen molar-refractivity contribution in [3.8, 4) is 0 Å². The molecule has 0 aromatic heterocycles. The largest absolute Gasteiger partial charge is 0.349 e. The molecule has 27 heavy (non-hydrogen) atoms. The Labute approximate surface area is 160 Å². The molecule has 2 aromatic carbocycles. The Morgan fingerprint density at radius 2 is 1.59 bits per heavy atom. The Bertz CT molecular complexity index is 776. The molecule has 2 amide bonds. The summed E-state index contributed by atoms with van der Waals surface area (Å²) < 4.78 is 24.7. The molecule has 0 bridgehead atoms. The zero-order chi connectivity index (χ0) is 19.2. The number of carbonyl (C=O) groups excluding carboxylic acids is 2. The average molecular weight is 390 g/mol. The lowest BCUT2D eigenvalue weighted by atomic mass is 10.0. The zero-order valence-corrected chi connectivity index (χ0v) is 15.4. The summed E-state index contributed by atoms with van der Waals surface area (Å²) in [6.07, 6.45) is 1.37. The number of hydrogen-bond donors (Lipinski definition) is 1. The first-order valence-corrected chi connectivity index (χ1v) is 9.61. The van der Waals surface area contributed by atoms with Gasteiger partial charge in [-0.1, -0.05) is 30.0 Å². The normalized spacial score (nSPS) is 15.0. The topological polar surface area (TPSA) is 49.4 Å². The highest BCUT2D eigenvalue weighted by molar-refractivity contribution is 7.99. The van der Waals surface area contributed by atoms with Gasteiger partial charge in [-0.15, -0.1) is 0 Å². The molecule has 0 saturated carbocycles. The van der Waals surface area contributed by atoms with Gasteiger partial charge in [-0.25, -0.2) is 0 Å². The molecule has 0 spiro atoms. The van der Waals surface area contributed by atoms with Crippen LogP contribution in [-0.4, -0.2) is 41.6 Å². The summed E-state index contributed by atoms with van der Waals surface area (Å²) in [5.74, 6) is -2.69. The maximum Gasteiger partial charge on any atom is 0.288 e. The number of nitrogens with one attached hydrogen (secondary N) is 1. The van der Waals surface area contributed by atoms with Crippen LogP contribution in [-0.2, 0) is 0 Å². The zero-order valence-electron chi connectivity index (χ0n) is 14.6. The number of nitrogens with zero attached hydrogens (tertiary/aromatic N) is 1. The highest BCUT2D eigenvalue weighted by Crippen LogP contribution is 2.25.